The highest BCUT2D eigenvalue weighted by atomic mass is 32.2. The molecule has 0 spiro atoms. The van der Waals surface area contributed by atoms with Crippen LogP contribution in [0, 0.1) is 5.92 Å². The van der Waals surface area contributed by atoms with Crippen LogP contribution in [-0.4, -0.2) is 56.7 Å². The molecular formula is C20H29N5O2S. The molecular weight excluding hydrogens is 374 g/mol. The van der Waals surface area contributed by atoms with E-state index in [0.717, 1.165) is 48.7 Å². The maximum absolute atomic E-state index is 12.6. The summed E-state index contributed by atoms with van der Waals surface area (Å²) >= 11 is 1.47. The highest BCUT2D eigenvalue weighted by Crippen LogP contribution is 2.28. The van der Waals surface area contributed by atoms with Gasteiger partial charge in [0.25, 0.3) is 0 Å². The number of aromatic nitrogens is 3. The monoisotopic (exact) mass is 403 g/mol. The summed E-state index contributed by atoms with van der Waals surface area (Å²) < 4.78 is 7.84. The smallest absolute Gasteiger partial charge is 0.223 e. The number of carbonyl (C=O) groups excluding carboxylic acids is 1. The Labute approximate surface area is 170 Å². The van der Waals surface area contributed by atoms with Crippen LogP contribution in [-0.2, 0) is 18.4 Å². The standard InChI is InChI=1S/C20H29N5O2S/c1-23-15-21-22-20(23)28-19-8-7-17(27-19)14-24-10-9-18(26)25(12-11-24)13-16-5-3-2-4-6-16/h7-8,15-16H,2-6,9-14H2,1H3. The lowest BCUT2D eigenvalue weighted by Gasteiger charge is -2.29. The number of furan rings is 1. The summed E-state index contributed by atoms with van der Waals surface area (Å²) in [5, 5.41) is 9.59. The number of hydrogen-bond acceptors (Lipinski definition) is 6. The van der Waals surface area contributed by atoms with E-state index in [-0.39, 0.29) is 0 Å². The van der Waals surface area contributed by atoms with Crippen molar-refractivity contribution < 1.29 is 9.21 Å². The summed E-state index contributed by atoms with van der Waals surface area (Å²) in [4.78, 5) is 17.0. The van der Waals surface area contributed by atoms with Crippen molar-refractivity contribution in [3.05, 3.63) is 24.2 Å². The van der Waals surface area contributed by atoms with Gasteiger partial charge in [-0.3, -0.25) is 9.69 Å². The molecule has 1 saturated carbocycles. The third kappa shape index (κ3) is 4.97. The van der Waals surface area contributed by atoms with Crippen LogP contribution in [0.1, 0.15) is 44.3 Å². The molecule has 1 aliphatic carbocycles. The van der Waals surface area contributed by atoms with Crippen molar-refractivity contribution in [2.45, 2.75) is 55.3 Å². The summed E-state index contributed by atoms with van der Waals surface area (Å²) in [6, 6.07) is 4.00. The first-order valence-electron chi connectivity index (χ1n) is 10.3. The van der Waals surface area contributed by atoms with E-state index in [4.69, 9.17) is 4.42 Å². The highest BCUT2D eigenvalue weighted by molar-refractivity contribution is 7.99. The second-order valence-corrected chi connectivity index (χ2v) is 8.89. The van der Waals surface area contributed by atoms with Crippen LogP contribution in [0.4, 0.5) is 0 Å². The fraction of sp³-hybridized carbons (Fsp3) is 0.650. The number of rotatable bonds is 6. The third-order valence-corrected chi connectivity index (χ3v) is 6.74. The molecule has 7 nitrogen and oxygen atoms in total. The number of hydrogen-bond donors (Lipinski definition) is 0. The molecule has 0 radical (unpaired) electrons. The first kappa shape index (κ1) is 19.5. The Morgan fingerprint density at radius 2 is 2.04 bits per heavy atom. The van der Waals surface area contributed by atoms with Gasteiger partial charge in [0.1, 0.15) is 12.1 Å². The Morgan fingerprint density at radius 3 is 2.82 bits per heavy atom. The molecule has 2 fully saturated rings. The second-order valence-electron chi connectivity index (χ2n) is 7.92. The van der Waals surface area contributed by atoms with Gasteiger partial charge in [-0.15, -0.1) is 10.2 Å². The lowest BCUT2D eigenvalue weighted by molar-refractivity contribution is -0.131. The summed E-state index contributed by atoms with van der Waals surface area (Å²) in [6.07, 6.45) is 8.86. The molecule has 152 valence electrons. The molecule has 28 heavy (non-hydrogen) atoms. The predicted octanol–water partition coefficient (Wildman–Crippen LogP) is 3.17. The average molecular weight is 404 g/mol. The fourth-order valence-electron chi connectivity index (χ4n) is 4.12. The van der Waals surface area contributed by atoms with Crippen LogP contribution in [0.25, 0.3) is 0 Å². The summed E-state index contributed by atoms with van der Waals surface area (Å²) in [5.41, 5.74) is 0. The van der Waals surface area contributed by atoms with Crippen molar-refractivity contribution in [1.82, 2.24) is 24.6 Å². The molecule has 2 aromatic rings. The van der Waals surface area contributed by atoms with Crippen molar-refractivity contribution in [2.24, 2.45) is 13.0 Å². The molecule has 4 rings (SSSR count). The second kappa shape index (κ2) is 9.13. The number of aryl methyl sites for hydroxylation is 1. The fourth-order valence-corrected chi connectivity index (χ4v) is 4.86. The summed E-state index contributed by atoms with van der Waals surface area (Å²) in [6.45, 7) is 4.23. The van der Waals surface area contributed by atoms with E-state index < -0.39 is 0 Å². The van der Waals surface area contributed by atoms with Gasteiger partial charge < -0.3 is 13.9 Å². The van der Waals surface area contributed by atoms with Crippen LogP contribution in [0.3, 0.4) is 0 Å². The lowest BCUT2D eigenvalue weighted by atomic mass is 9.89. The van der Waals surface area contributed by atoms with Crippen molar-refractivity contribution >= 4 is 17.7 Å². The first-order valence-corrected chi connectivity index (χ1v) is 11.1. The Bertz CT molecular complexity index is 783. The van der Waals surface area contributed by atoms with Crippen molar-refractivity contribution in [3.8, 4) is 0 Å². The molecule has 1 saturated heterocycles. The SMILES string of the molecule is Cn1cnnc1Sc1ccc(CN2CCC(=O)N(CC3CCCCC3)CC2)o1. The van der Waals surface area contributed by atoms with Gasteiger partial charge in [-0.05, 0) is 42.7 Å². The maximum Gasteiger partial charge on any atom is 0.223 e. The molecule has 0 N–H and O–H groups in total. The maximum atomic E-state index is 12.6. The lowest BCUT2D eigenvalue weighted by Crippen LogP contribution is -2.37. The largest absolute Gasteiger partial charge is 0.453 e. The van der Waals surface area contributed by atoms with Crippen LogP contribution < -0.4 is 0 Å². The van der Waals surface area contributed by atoms with Crippen molar-refractivity contribution in [3.63, 3.8) is 0 Å². The molecule has 2 aliphatic rings. The van der Waals surface area contributed by atoms with E-state index >= 15 is 0 Å². The van der Waals surface area contributed by atoms with Gasteiger partial charge in [-0.1, -0.05) is 19.3 Å². The van der Waals surface area contributed by atoms with Gasteiger partial charge in [0.15, 0.2) is 10.2 Å². The zero-order valence-corrected chi connectivity index (χ0v) is 17.4. The molecule has 0 atom stereocenters. The Kier molecular flexibility index (Phi) is 6.36. The Morgan fingerprint density at radius 1 is 1.18 bits per heavy atom. The van der Waals surface area contributed by atoms with E-state index in [1.165, 1.54) is 43.9 Å². The van der Waals surface area contributed by atoms with E-state index in [2.05, 4.69) is 20.0 Å². The minimum Gasteiger partial charge on any atom is -0.453 e. The molecule has 1 amide bonds. The molecule has 0 bridgehead atoms. The van der Waals surface area contributed by atoms with Gasteiger partial charge in [0.2, 0.25) is 5.91 Å². The number of nitrogens with zero attached hydrogens (tertiary/aromatic N) is 5. The van der Waals surface area contributed by atoms with Gasteiger partial charge >= 0.3 is 0 Å². The Balaban J connectivity index is 1.29. The van der Waals surface area contributed by atoms with E-state index in [1.807, 2.05) is 23.7 Å². The summed E-state index contributed by atoms with van der Waals surface area (Å²) in [7, 11) is 1.92. The molecule has 3 heterocycles. The van der Waals surface area contributed by atoms with Crippen molar-refractivity contribution in [1.29, 1.82) is 0 Å². The molecule has 8 heteroatoms. The first-order chi connectivity index (χ1) is 13.7. The van der Waals surface area contributed by atoms with Gasteiger partial charge in [0.05, 0.1) is 6.54 Å². The van der Waals surface area contributed by atoms with Crippen LogP contribution >= 0.6 is 11.8 Å². The highest BCUT2D eigenvalue weighted by Gasteiger charge is 2.25. The Hall–Kier alpha value is -1.80. The van der Waals surface area contributed by atoms with E-state index in [1.54, 1.807) is 6.33 Å². The summed E-state index contributed by atoms with van der Waals surface area (Å²) in [5.74, 6) is 1.94. The zero-order chi connectivity index (χ0) is 19.3. The molecule has 2 aromatic heterocycles. The van der Waals surface area contributed by atoms with Crippen LogP contribution in [0.15, 0.2) is 33.1 Å². The quantitative estimate of drug-likeness (QED) is 0.738. The van der Waals surface area contributed by atoms with Gasteiger partial charge in [-0.2, -0.15) is 0 Å². The number of carbonyl (C=O) groups is 1. The van der Waals surface area contributed by atoms with Crippen LogP contribution in [0.2, 0.25) is 0 Å². The average Bonchev–Trinajstić information content (AvgIpc) is 3.28. The molecule has 1 aliphatic heterocycles. The number of amides is 1. The normalized spacial score (nSPS) is 19.9. The van der Waals surface area contributed by atoms with E-state index in [9.17, 15) is 4.79 Å². The van der Waals surface area contributed by atoms with E-state index in [0.29, 0.717) is 18.2 Å². The topological polar surface area (TPSA) is 67.4 Å². The predicted molar refractivity (Wildman–Crippen MR) is 107 cm³/mol. The van der Waals surface area contributed by atoms with Crippen molar-refractivity contribution in [2.75, 3.05) is 26.2 Å². The minimum atomic E-state index is 0.311. The zero-order valence-electron chi connectivity index (χ0n) is 16.5. The minimum absolute atomic E-state index is 0.311. The molecule has 0 aromatic carbocycles. The molecule has 0 unspecified atom stereocenters. The third-order valence-electron chi connectivity index (χ3n) is 5.76. The van der Waals surface area contributed by atoms with Gasteiger partial charge in [0, 0.05) is 39.6 Å². The van der Waals surface area contributed by atoms with Gasteiger partial charge in [-0.25, -0.2) is 0 Å². The van der Waals surface area contributed by atoms with Crippen LogP contribution in [0.5, 0.6) is 0 Å².